The van der Waals surface area contributed by atoms with Crippen LogP contribution in [0.15, 0.2) is 41.9 Å². The van der Waals surface area contributed by atoms with Crippen LogP contribution >= 0.6 is 11.3 Å². The Kier molecular flexibility index (Phi) is 5.56. The minimum Gasteiger partial charge on any atom is -0.299 e. The second kappa shape index (κ2) is 7.84. The molecular formula is C20H23NO2S. The normalized spacial score (nSPS) is 22.0. The second-order valence-corrected chi connectivity index (χ2v) is 7.63. The van der Waals surface area contributed by atoms with Crippen molar-refractivity contribution in [3.05, 3.63) is 52.5 Å². The first-order valence-corrected chi connectivity index (χ1v) is 9.50. The Bertz CT molecular complexity index is 673. The number of hydrogen-bond acceptors (Lipinski definition) is 4. The van der Waals surface area contributed by atoms with Gasteiger partial charge in [-0.15, -0.1) is 11.3 Å². The molecule has 3 rings (SSSR count). The number of ketones is 2. The molecule has 1 saturated carbocycles. The molecule has 0 N–H and O–H groups in total. The molecule has 3 nitrogen and oxygen atoms in total. The van der Waals surface area contributed by atoms with Gasteiger partial charge in [0.2, 0.25) is 0 Å². The van der Waals surface area contributed by atoms with Gasteiger partial charge >= 0.3 is 0 Å². The van der Waals surface area contributed by atoms with E-state index in [2.05, 4.69) is 29.2 Å². The highest BCUT2D eigenvalue weighted by Crippen LogP contribution is 2.37. The highest BCUT2D eigenvalue weighted by atomic mass is 32.1. The Hall–Kier alpha value is -1.81. The molecule has 0 spiro atoms. The maximum absolute atomic E-state index is 12.9. The molecule has 0 aliphatic heterocycles. The molecule has 0 saturated heterocycles. The van der Waals surface area contributed by atoms with E-state index in [1.54, 1.807) is 6.20 Å². The van der Waals surface area contributed by atoms with Gasteiger partial charge in [0.15, 0.2) is 0 Å². The number of nitrogens with zero attached hydrogens (tertiary/aromatic N) is 1. The average Bonchev–Trinajstić information content (AvgIpc) is 3.13. The molecule has 1 unspecified atom stereocenters. The van der Waals surface area contributed by atoms with E-state index in [1.165, 1.54) is 23.8 Å². The SMILES string of the molecule is CC(=O)C(Cc1nccs1)C(=O)[C@H]1CC[C@H](c2ccccc2)CC1. The zero-order valence-electron chi connectivity index (χ0n) is 14.0. The van der Waals surface area contributed by atoms with Gasteiger partial charge in [0.25, 0.3) is 0 Å². The number of thiazole rings is 1. The maximum Gasteiger partial charge on any atom is 0.146 e. The van der Waals surface area contributed by atoms with Crippen LogP contribution in [0.1, 0.15) is 49.1 Å². The lowest BCUT2D eigenvalue weighted by atomic mass is 9.74. The molecule has 1 aromatic carbocycles. The molecule has 1 atom stereocenters. The number of carbonyl (C=O) groups is 2. The molecule has 1 heterocycles. The molecule has 126 valence electrons. The number of carbonyl (C=O) groups excluding carboxylic acids is 2. The zero-order chi connectivity index (χ0) is 16.9. The summed E-state index contributed by atoms with van der Waals surface area (Å²) >= 11 is 1.51. The van der Waals surface area contributed by atoms with Crippen molar-refractivity contribution in [2.75, 3.05) is 0 Å². The summed E-state index contributed by atoms with van der Waals surface area (Å²) in [4.78, 5) is 29.1. The number of Topliss-reactive ketones (excluding diaryl/α,β-unsaturated/α-hetero) is 2. The standard InChI is InChI=1S/C20H23NO2S/c1-14(22)18(13-19-21-11-12-24-19)20(23)17-9-7-16(8-10-17)15-5-3-2-4-6-15/h2-6,11-12,16-18H,7-10,13H2,1H3/t16-,17-,18?. The summed E-state index contributed by atoms with van der Waals surface area (Å²) in [6.45, 7) is 1.53. The third-order valence-electron chi connectivity index (χ3n) is 5.10. The van der Waals surface area contributed by atoms with E-state index in [1.807, 2.05) is 11.4 Å². The molecule has 1 aliphatic carbocycles. The lowest BCUT2D eigenvalue weighted by Crippen LogP contribution is -2.32. The molecule has 0 bridgehead atoms. The lowest BCUT2D eigenvalue weighted by Gasteiger charge is -2.29. The number of benzene rings is 1. The fourth-order valence-electron chi connectivity index (χ4n) is 3.69. The van der Waals surface area contributed by atoms with Gasteiger partial charge < -0.3 is 0 Å². The largest absolute Gasteiger partial charge is 0.299 e. The van der Waals surface area contributed by atoms with Crippen molar-refractivity contribution in [2.45, 2.75) is 44.9 Å². The minimum atomic E-state index is -0.519. The summed E-state index contributed by atoms with van der Waals surface area (Å²) in [6.07, 6.45) is 6.03. The van der Waals surface area contributed by atoms with Gasteiger partial charge in [0.05, 0.1) is 10.9 Å². The Morgan fingerprint density at radius 1 is 1.17 bits per heavy atom. The quantitative estimate of drug-likeness (QED) is 0.730. The molecule has 0 amide bonds. The van der Waals surface area contributed by atoms with Crippen LogP contribution in [0.25, 0.3) is 0 Å². The molecular weight excluding hydrogens is 318 g/mol. The van der Waals surface area contributed by atoms with Gasteiger partial charge in [-0.05, 0) is 44.1 Å². The van der Waals surface area contributed by atoms with E-state index in [0.29, 0.717) is 12.3 Å². The van der Waals surface area contributed by atoms with E-state index in [-0.39, 0.29) is 17.5 Å². The monoisotopic (exact) mass is 341 g/mol. The Morgan fingerprint density at radius 2 is 1.88 bits per heavy atom. The second-order valence-electron chi connectivity index (χ2n) is 6.65. The first-order chi connectivity index (χ1) is 11.6. The molecule has 1 aromatic heterocycles. The van der Waals surface area contributed by atoms with Gasteiger partial charge in [-0.25, -0.2) is 4.98 Å². The lowest BCUT2D eigenvalue weighted by molar-refractivity contribution is -0.134. The zero-order valence-corrected chi connectivity index (χ0v) is 14.8. The van der Waals surface area contributed by atoms with Crippen molar-refractivity contribution >= 4 is 22.9 Å². The van der Waals surface area contributed by atoms with Gasteiger partial charge in [-0.3, -0.25) is 9.59 Å². The van der Waals surface area contributed by atoms with Crippen LogP contribution in [0, 0.1) is 11.8 Å². The van der Waals surface area contributed by atoms with Crippen molar-refractivity contribution in [2.24, 2.45) is 11.8 Å². The van der Waals surface area contributed by atoms with Crippen molar-refractivity contribution in [1.29, 1.82) is 0 Å². The first-order valence-electron chi connectivity index (χ1n) is 8.62. The fraction of sp³-hybridized carbons (Fsp3) is 0.450. The third kappa shape index (κ3) is 3.99. The summed E-state index contributed by atoms with van der Waals surface area (Å²) < 4.78 is 0. The van der Waals surface area contributed by atoms with Gasteiger partial charge in [-0.1, -0.05) is 30.3 Å². The van der Waals surface area contributed by atoms with E-state index in [0.717, 1.165) is 30.7 Å². The van der Waals surface area contributed by atoms with E-state index in [9.17, 15) is 9.59 Å². The van der Waals surface area contributed by atoms with Crippen LogP contribution < -0.4 is 0 Å². The molecule has 4 heteroatoms. The Morgan fingerprint density at radius 3 is 2.46 bits per heavy atom. The van der Waals surface area contributed by atoms with Crippen molar-refractivity contribution in [3.8, 4) is 0 Å². The molecule has 0 radical (unpaired) electrons. The highest BCUT2D eigenvalue weighted by molar-refractivity contribution is 7.09. The topological polar surface area (TPSA) is 47.0 Å². The molecule has 1 fully saturated rings. The van der Waals surface area contributed by atoms with Crippen LogP contribution in [0.4, 0.5) is 0 Å². The van der Waals surface area contributed by atoms with Crippen LogP contribution in [0.2, 0.25) is 0 Å². The van der Waals surface area contributed by atoms with Crippen LogP contribution in [0.3, 0.4) is 0 Å². The smallest absolute Gasteiger partial charge is 0.146 e. The first kappa shape index (κ1) is 17.0. The van der Waals surface area contributed by atoms with E-state index in [4.69, 9.17) is 0 Å². The fourth-order valence-corrected chi connectivity index (χ4v) is 4.36. The number of aromatic nitrogens is 1. The maximum atomic E-state index is 12.9. The Labute approximate surface area is 147 Å². The summed E-state index contributed by atoms with van der Waals surface area (Å²) in [6, 6.07) is 10.5. The number of rotatable bonds is 6. The van der Waals surface area contributed by atoms with Crippen molar-refractivity contribution in [1.82, 2.24) is 4.98 Å². The summed E-state index contributed by atoms with van der Waals surface area (Å²) in [5.74, 6) is 0.155. The third-order valence-corrected chi connectivity index (χ3v) is 5.90. The average molecular weight is 341 g/mol. The molecule has 1 aliphatic rings. The van der Waals surface area contributed by atoms with E-state index < -0.39 is 5.92 Å². The molecule has 2 aromatic rings. The van der Waals surface area contributed by atoms with Crippen LogP contribution in [-0.4, -0.2) is 16.6 Å². The highest BCUT2D eigenvalue weighted by Gasteiger charge is 2.33. The van der Waals surface area contributed by atoms with Gasteiger partial charge in [-0.2, -0.15) is 0 Å². The van der Waals surface area contributed by atoms with Crippen molar-refractivity contribution < 1.29 is 9.59 Å². The van der Waals surface area contributed by atoms with Gasteiger partial charge in [0, 0.05) is 23.9 Å². The molecule has 24 heavy (non-hydrogen) atoms. The van der Waals surface area contributed by atoms with Crippen LogP contribution in [0.5, 0.6) is 0 Å². The minimum absolute atomic E-state index is 0.0267. The van der Waals surface area contributed by atoms with Crippen molar-refractivity contribution in [3.63, 3.8) is 0 Å². The summed E-state index contributed by atoms with van der Waals surface area (Å²) in [5.41, 5.74) is 1.37. The summed E-state index contributed by atoms with van der Waals surface area (Å²) in [7, 11) is 0. The predicted octanol–water partition coefficient (Wildman–Crippen LogP) is 4.43. The Balaban J connectivity index is 1.61. The number of hydrogen-bond donors (Lipinski definition) is 0. The van der Waals surface area contributed by atoms with E-state index >= 15 is 0 Å². The van der Waals surface area contributed by atoms with Crippen LogP contribution in [-0.2, 0) is 16.0 Å². The van der Waals surface area contributed by atoms with Gasteiger partial charge in [0.1, 0.15) is 11.6 Å². The predicted molar refractivity (Wildman–Crippen MR) is 96.1 cm³/mol. The summed E-state index contributed by atoms with van der Waals surface area (Å²) in [5, 5.41) is 2.77.